The molecule has 0 aliphatic heterocycles. The molecule has 27 heavy (non-hydrogen) atoms. The Morgan fingerprint density at radius 2 is 2.04 bits per heavy atom. The number of aromatic nitrogens is 4. The fourth-order valence-electron chi connectivity index (χ4n) is 2.60. The maximum Gasteiger partial charge on any atom is 0.237 e. The van der Waals surface area contributed by atoms with Crippen molar-refractivity contribution < 1.29 is 9.53 Å². The highest BCUT2D eigenvalue weighted by Gasteiger charge is 2.20. The quantitative estimate of drug-likeness (QED) is 0.657. The number of rotatable bonds is 6. The van der Waals surface area contributed by atoms with Gasteiger partial charge in [-0.15, -0.1) is 5.10 Å². The van der Waals surface area contributed by atoms with Crippen molar-refractivity contribution in [2.24, 2.45) is 0 Å². The molecule has 0 saturated heterocycles. The molecule has 1 aromatic heterocycles. The van der Waals surface area contributed by atoms with Crippen molar-refractivity contribution in [3.8, 4) is 11.4 Å². The van der Waals surface area contributed by atoms with Gasteiger partial charge in [-0.2, -0.15) is 4.68 Å². The molecule has 1 amide bonds. The van der Waals surface area contributed by atoms with E-state index < -0.39 is 0 Å². The zero-order chi connectivity index (χ0) is 19.4. The van der Waals surface area contributed by atoms with E-state index in [1.165, 1.54) is 17.3 Å². The monoisotopic (exact) mass is 383 g/mol. The van der Waals surface area contributed by atoms with Crippen molar-refractivity contribution >= 4 is 23.4 Å². The number of ether oxygens (including phenoxy) is 1. The molecule has 0 radical (unpaired) electrons. The van der Waals surface area contributed by atoms with Gasteiger partial charge in [0, 0.05) is 11.8 Å². The molecule has 0 spiro atoms. The second-order valence-corrected chi connectivity index (χ2v) is 7.45. The lowest BCUT2D eigenvalue weighted by Crippen LogP contribution is -2.23. The Morgan fingerprint density at radius 1 is 1.22 bits per heavy atom. The SMILES string of the molecule is COc1cccc(NC(=O)[C@H](C)Sc2nnnn2-c2ccc(C)cc2C)c1. The van der Waals surface area contributed by atoms with Crippen molar-refractivity contribution in [3.05, 3.63) is 53.6 Å². The Morgan fingerprint density at radius 3 is 2.78 bits per heavy atom. The molecule has 0 aliphatic rings. The van der Waals surface area contributed by atoms with Crippen molar-refractivity contribution in [2.75, 3.05) is 12.4 Å². The topological polar surface area (TPSA) is 81.9 Å². The summed E-state index contributed by atoms with van der Waals surface area (Å²) in [7, 11) is 1.59. The zero-order valence-electron chi connectivity index (χ0n) is 15.6. The average Bonchev–Trinajstić information content (AvgIpc) is 3.09. The molecule has 3 aromatic rings. The van der Waals surface area contributed by atoms with Crippen LogP contribution in [0.2, 0.25) is 0 Å². The fraction of sp³-hybridized carbons (Fsp3) is 0.263. The van der Waals surface area contributed by atoms with E-state index >= 15 is 0 Å². The van der Waals surface area contributed by atoms with Crippen LogP contribution < -0.4 is 10.1 Å². The molecule has 1 atom stereocenters. The van der Waals surface area contributed by atoms with E-state index in [-0.39, 0.29) is 11.2 Å². The third-order valence-corrected chi connectivity index (χ3v) is 5.04. The van der Waals surface area contributed by atoms with Gasteiger partial charge in [0.25, 0.3) is 0 Å². The number of anilines is 1. The number of hydrogen-bond donors (Lipinski definition) is 1. The van der Waals surface area contributed by atoms with E-state index in [4.69, 9.17) is 4.74 Å². The van der Waals surface area contributed by atoms with Crippen LogP contribution in [0.1, 0.15) is 18.1 Å². The number of amides is 1. The van der Waals surface area contributed by atoms with Crippen molar-refractivity contribution in [1.82, 2.24) is 20.2 Å². The van der Waals surface area contributed by atoms with Crippen LogP contribution in [0.5, 0.6) is 5.75 Å². The lowest BCUT2D eigenvalue weighted by molar-refractivity contribution is -0.115. The van der Waals surface area contributed by atoms with Crippen LogP contribution in [0.15, 0.2) is 47.6 Å². The highest BCUT2D eigenvalue weighted by molar-refractivity contribution is 8.00. The molecule has 0 unspecified atom stereocenters. The number of carbonyl (C=O) groups is 1. The van der Waals surface area contributed by atoms with Crippen molar-refractivity contribution in [3.63, 3.8) is 0 Å². The highest BCUT2D eigenvalue weighted by Crippen LogP contribution is 2.26. The number of nitrogens with one attached hydrogen (secondary N) is 1. The van der Waals surface area contributed by atoms with Gasteiger partial charge in [0.2, 0.25) is 11.1 Å². The summed E-state index contributed by atoms with van der Waals surface area (Å²) in [6, 6.07) is 13.3. The first kappa shape index (κ1) is 18.9. The summed E-state index contributed by atoms with van der Waals surface area (Å²) in [5.41, 5.74) is 3.82. The molecule has 0 bridgehead atoms. The third kappa shape index (κ3) is 4.46. The second kappa shape index (κ2) is 8.22. The Bertz CT molecular complexity index is 957. The number of nitrogens with zero attached hydrogens (tertiary/aromatic N) is 4. The van der Waals surface area contributed by atoms with E-state index in [0.717, 1.165) is 11.3 Å². The van der Waals surface area contributed by atoms with E-state index in [2.05, 4.69) is 26.9 Å². The first-order valence-electron chi connectivity index (χ1n) is 8.45. The summed E-state index contributed by atoms with van der Waals surface area (Å²) >= 11 is 1.31. The lowest BCUT2D eigenvalue weighted by Gasteiger charge is -2.13. The maximum absolute atomic E-state index is 12.5. The minimum absolute atomic E-state index is 0.136. The minimum atomic E-state index is -0.383. The smallest absolute Gasteiger partial charge is 0.237 e. The molecular weight excluding hydrogens is 362 g/mol. The van der Waals surface area contributed by atoms with Gasteiger partial charge in [-0.1, -0.05) is 35.5 Å². The number of thioether (sulfide) groups is 1. The zero-order valence-corrected chi connectivity index (χ0v) is 16.4. The molecule has 140 valence electrons. The normalized spacial score (nSPS) is 11.9. The van der Waals surface area contributed by atoms with Gasteiger partial charge in [-0.25, -0.2) is 0 Å². The van der Waals surface area contributed by atoms with Gasteiger partial charge in [-0.05, 0) is 55.0 Å². The van der Waals surface area contributed by atoms with Crippen LogP contribution in [-0.4, -0.2) is 38.5 Å². The van der Waals surface area contributed by atoms with E-state index in [1.807, 2.05) is 51.1 Å². The molecule has 0 saturated carbocycles. The first-order chi connectivity index (χ1) is 13.0. The van der Waals surface area contributed by atoms with Gasteiger partial charge < -0.3 is 10.1 Å². The molecule has 2 aromatic carbocycles. The van der Waals surface area contributed by atoms with Crippen molar-refractivity contribution in [2.45, 2.75) is 31.2 Å². The summed E-state index contributed by atoms with van der Waals surface area (Å²) in [5, 5.41) is 15.0. The average molecular weight is 383 g/mol. The molecule has 1 N–H and O–H groups in total. The third-order valence-electron chi connectivity index (χ3n) is 4.01. The second-order valence-electron chi connectivity index (χ2n) is 6.14. The summed E-state index contributed by atoms with van der Waals surface area (Å²) in [6.07, 6.45) is 0. The van der Waals surface area contributed by atoms with E-state index in [0.29, 0.717) is 16.6 Å². The van der Waals surface area contributed by atoms with E-state index in [1.54, 1.807) is 17.9 Å². The van der Waals surface area contributed by atoms with Gasteiger partial charge in [0.05, 0.1) is 18.0 Å². The van der Waals surface area contributed by atoms with E-state index in [9.17, 15) is 4.79 Å². The molecule has 0 fully saturated rings. The predicted molar refractivity (Wildman–Crippen MR) is 106 cm³/mol. The van der Waals surface area contributed by atoms with Crippen LogP contribution in [0, 0.1) is 13.8 Å². The lowest BCUT2D eigenvalue weighted by atomic mass is 10.1. The molecule has 3 rings (SSSR count). The fourth-order valence-corrected chi connectivity index (χ4v) is 3.40. The number of tetrazole rings is 1. The largest absolute Gasteiger partial charge is 0.497 e. The number of hydrogen-bond acceptors (Lipinski definition) is 6. The Balaban J connectivity index is 1.73. The number of aryl methyl sites for hydroxylation is 2. The molecule has 7 nitrogen and oxygen atoms in total. The Kier molecular flexibility index (Phi) is 5.75. The molecule has 8 heteroatoms. The van der Waals surface area contributed by atoms with Crippen LogP contribution in [0.25, 0.3) is 5.69 Å². The van der Waals surface area contributed by atoms with Crippen LogP contribution in [0.3, 0.4) is 0 Å². The Labute approximate surface area is 162 Å². The molecule has 0 aliphatic carbocycles. The van der Waals surface area contributed by atoms with Gasteiger partial charge in [-0.3, -0.25) is 4.79 Å². The van der Waals surface area contributed by atoms with Crippen LogP contribution in [-0.2, 0) is 4.79 Å². The predicted octanol–water partition coefficient (Wildman–Crippen LogP) is 3.41. The minimum Gasteiger partial charge on any atom is -0.497 e. The number of benzene rings is 2. The summed E-state index contributed by atoms with van der Waals surface area (Å²) in [5.74, 6) is 0.551. The van der Waals surface area contributed by atoms with Crippen LogP contribution in [0.4, 0.5) is 5.69 Å². The summed E-state index contributed by atoms with van der Waals surface area (Å²) in [6.45, 7) is 5.87. The van der Waals surface area contributed by atoms with Gasteiger partial charge >= 0.3 is 0 Å². The van der Waals surface area contributed by atoms with Gasteiger partial charge in [0.15, 0.2) is 0 Å². The summed E-state index contributed by atoms with van der Waals surface area (Å²) < 4.78 is 6.84. The van der Waals surface area contributed by atoms with Gasteiger partial charge in [0.1, 0.15) is 5.75 Å². The molecular formula is C19H21N5O2S. The number of carbonyl (C=O) groups excluding carboxylic acids is 1. The number of methoxy groups -OCH3 is 1. The maximum atomic E-state index is 12.5. The standard InChI is InChI=1S/C19H21N5O2S/c1-12-8-9-17(13(2)10-12)24-19(21-22-23-24)27-14(3)18(25)20-15-6-5-7-16(11-15)26-4/h5-11,14H,1-4H3,(H,20,25)/t14-/m0/s1. The first-order valence-corrected chi connectivity index (χ1v) is 9.33. The highest BCUT2D eigenvalue weighted by atomic mass is 32.2. The summed E-state index contributed by atoms with van der Waals surface area (Å²) in [4.78, 5) is 12.5. The van der Waals surface area contributed by atoms with Crippen molar-refractivity contribution in [1.29, 1.82) is 0 Å². The molecule has 1 heterocycles. The van der Waals surface area contributed by atoms with Crippen LogP contribution >= 0.6 is 11.8 Å². The Hall–Kier alpha value is -2.87.